The van der Waals surface area contributed by atoms with Crippen LogP contribution in [0.5, 0.6) is 0 Å². The molecule has 5 nitrogen and oxygen atoms in total. The Morgan fingerprint density at radius 3 is 2.79 bits per heavy atom. The van der Waals surface area contributed by atoms with Crippen LogP contribution in [-0.2, 0) is 7.05 Å². The minimum atomic E-state index is -0.303. The van der Waals surface area contributed by atoms with Crippen molar-refractivity contribution in [2.75, 3.05) is 0 Å². The van der Waals surface area contributed by atoms with Gasteiger partial charge in [0.2, 0.25) is 0 Å². The Hall–Kier alpha value is -1.59. The van der Waals surface area contributed by atoms with Crippen LogP contribution in [0.2, 0.25) is 10.0 Å². The summed E-state index contributed by atoms with van der Waals surface area (Å²) in [4.78, 5) is 12.1. The molecule has 7 heteroatoms. The largest absolute Gasteiger partial charge is 0.342 e. The fourth-order valence-electron chi connectivity index (χ4n) is 1.70. The van der Waals surface area contributed by atoms with E-state index in [1.165, 1.54) is 0 Å². The lowest BCUT2D eigenvalue weighted by Gasteiger charge is -2.13. The zero-order valence-electron chi connectivity index (χ0n) is 10.4. The highest BCUT2D eigenvalue weighted by molar-refractivity contribution is 6.43. The Morgan fingerprint density at radius 2 is 2.16 bits per heavy atom. The molecule has 19 heavy (non-hydrogen) atoms. The second-order valence-corrected chi connectivity index (χ2v) is 4.88. The fraction of sp³-hybridized carbons (Fsp3) is 0.250. The van der Waals surface area contributed by atoms with E-state index in [1.54, 1.807) is 29.1 Å². The number of amides is 1. The highest BCUT2D eigenvalue weighted by atomic mass is 35.5. The number of nitrogens with zero attached hydrogens (tertiary/aromatic N) is 3. The number of aryl methyl sites for hydroxylation is 1. The second-order valence-electron chi connectivity index (χ2n) is 4.10. The lowest BCUT2D eigenvalue weighted by Crippen LogP contribution is -2.28. The van der Waals surface area contributed by atoms with Gasteiger partial charge in [0.25, 0.3) is 5.91 Å². The van der Waals surface area contributed by atoms with Crippen molar-refractivity contribution in [1.82, 2.24) is 20.1 Å². The normalized spacial score (nSPS) is 12.2. The zero-order chi connectivity index (χ0) is 14.0. The van der Waals surface area contributed by atoms with Gasteiger partial charge in [-0.15, -0.1) is 10.2 Å². The van der Waals surface area contributed by atoms with Crippen LogP contribution >= 0.6 is 23.2 Å². The fourth-order valence-corrected chi connectivity index (χ4v) is 2.09. The quantitative estimate of drug-likeness (QED) is 0.947. The van der Waals surface area contributed by atoms with Crippen LogP contribution < -0.4 is 5.32 Å². The maximum atomic E-state index is 12.1. The topological polar surface area (TPSA) is 59.8 Å². The Balaban J connectivity index is 2.18. The molecule has 100 valence electrons. The first-order valence-corrected chi connectivity index (χ1v) is 6.35. The van der Waals surface area contributed by atoms with Gasteiger partial charge in [-0.25, -0.2) is 0 Å². The molecule has 1 atom stereocenters. The average molecular weight is 299 g/mol. The van der Waals surface area contributed by atoms with E-state index >= 15 is 0 Å². The van der Waals surface area contributed by atoms with E-state index in [1.807, 2.05) is 14.0 Å². The van der Waals surface area contributed by atoms with Gasteiger partial charge in [0, 0.05) is 7.05 Å². The van der Waals surface area contributed by atoms with Gasteiger partial charge in [0.05, 0.1) is 21.7 Å². The lowest BCUT2D eigenvalue weighted by molar-refractivity contribution is 0.0938. The third kappa shape index (κ3) is 2.88. The second kappa shape index (κ2) is 5.59. The van der Waals surface area contributed by atoms with Crippen molar-refractivity contribution in [2.45, 2.75) is 13.0 Å². The number of aromatic nitrogens is 3. The van der Waals surface area contributed by atoms with Crippen molar-refractivity contribution in [1.29, 1.82) is 0 Å². The third-order valence-electron chi connectivity index (χ3n) is 2.68. The molecule has 0 aliphatic carbocycles. The Kier molecular flexibility index (Phi) is 4.07. The summed E-state index contributed by atoms with van der Waals surface area (Å²) < 4.78 is 1.74. The van der Waals surface area contributed by atoms with Crippen molar-refractivity contribution in [2.24, 2.45) is 7.05 Å². The van der Waals surface area contributed by atoms with E-state index in [4.69, 9.17) is 23.2 Å². The predicted molar refractivity (Wildman–Crippen MR) is 73.3 cm³/mol. The minimum Gasteiger partial charge on any atom is -0.342 e. The van der Waals surface area contributed by atoms with E-state index in [-0.39, 0.29) is 17.0 Å². The first-order valence-electron chi connectivity index (χ1n) is 5.59. The molecule has 1 amide bonds. The Bertz CT molecular complexity index is 612. The standard InChI is InChI=1S/C12H12Cl2N4O/c1-7(11-17-15-6-18(11)2)16-12(19)8-4-3-5-9(13)10(8)14/h3-7H,1-2H3,(H,16,19)/t7-/m1/s1. The number of benzene rings is 1. The van der Waals surface area contributed by atoms with Crippen molar-refractivity contribution in [3.05, 3.63) is 46.0 Å². The van der Waals surface area contributed by atoms with Crippen molar-refractivity contribution >= 4 is 29.1 Å². The number of carbonyl (C=O) groups excluding carboxylic acids is 1. The van der Waals surface area contributed by atoms with Crippen LogP contribution in [0.25, 0.3) is 0 Å². The van der Waals surface area contributed by atoms with E-state index in [2.05, 4.69) is 15.5 Å². The Morgan fingerprint density at radius 1 is 1.42 bits per heavy atom. The molecule has 0 spiro atoms. The number of halogens is 2. The van der Waals surface area contributed by atoms with Gasteiger partial charge in [-0.2, -0.15) is 0 Å². The molecule has 1 N–H and O–H groups in total. The van der Waals surface area contributed by atoms with E-state index < -0.39 is 0 Å². The molecule has 1 aromatic heterocycles. The van der Waals surface area contributed by atoms with Gasteiger partial charge in [0.1, 0.15) is 6.33 Å². The summed E-state index contributed by atoms with van der Waals surface area (Å²) in [6.07, 6.45) is 1.57. The first-order chi connectivity index (χ1) is 9.00. The molecular formula is C12H12Cl2N4O. The molecule has 1 heterocycles. The molecule has 0 unspecified atom stereocenters. The first kappa shape index (κ1) is 13.8. The summed E-state index contributed by atoms with van der Waals surface area (Å²) in [6.45, 7) is 1.82. The molecule has 0 aliphatic rings. The van der Waals surface area contributed by atoms with E-state index in [0.29, 0.717) is 16.4 Å². The lowest BCUT2D eigenvalue weighted by atomic mass is 10.2. The van der Waals surface area contributed by atoms with Crippen LogP contribution in [0.4, 0.5) is 0 Å². The van der Waals surface area contributed by atoms with Gasteiger partial charge in [-0.05, 0) is 19.1 Å². The van der Waals surface area contributed by atoms with Crippen molar-refractivity contribution in [3.8, 4) is 0 Å². The maximum Gasteiger partial charge on any atom is 0.253 e. The van der Waals surface area contributed by atoms with Crippen LogP contribution in [0.3, 0.4) is 0 Å². The van der Waals surface area contributed by atoms with Crippen LogP contribution in [0.1, 0.15) is 29.1 Å². The van der Waals surface area contributed by atoms with E-state index in [0.717, 1.165) is 0 Å². The molecule has 0 aliphatic heterocycles. The van der Waals surface area contributed by atoms with Crippen LogP contribution in [0.15, 0.2) is 24.5 Å². The molecule has 1 aromatic carbocycles. The van der Waals surface area contributed by atoms with Gasteiger partial charge >= 0.3 is 0 Å². The smallest absolute Gasteiger partial charge is 0.253 e. The zero-order valence-corrected chi connectivity index (χ0v) is 11.9. The SMILES string of the molecule is C[C@@H](NC(=O)c1cccc(Cl)c1Cl)c1nncn1C. The molecule has 2 rings (SSSR count). The monoisotopic (exact) mass is 298 g/mol. The molecule has 0 radical (unpaired) electrons. The summed E-state index contributed by atoms with van der Waals surface area (Å²) in [5, 5.41) is 11.1. The highest BCUT2D eigenvalue weighted by Gasteiger charge is 2.18. The van der Waals surface area contributed by atoms with Gasteiger partial charge in [-0.1, -0.05) is 29.3 Å². The molecule has 0 saturated carbocycles. The number of carbonyl (C=O) groups is 1. The third-order valence-corrected chi connectivity index (χ3v) is 3.50. The minimum absolute atomic E-state index is 0.242. The van der Waals surface area contributed by atoms with Gasteiger partial charge < -0.3 is 9.88 Å². The number of hydrogen-bond acceptors (Lipinski definition) is 3. The van der Waals surface area contributed by atoms with Crippen molar-refractivity contribution in [3.63, 3.8) is 0 Å². The maximum absolute atomic E-state index is 12.1. The Labute approximate surface area is 120 Å². The molecule has 0 saturated heterocycles. The summed E-state index contributed by atoms with van der Waals surface area (Å²) >= 11 is 11.9. The summed E-state index contributed by atoms with van der Waals surface area (Å²) in [7, 11) is 1.81. The van der Waals surface area contributed by atoms with Crippen LogP contribution in [0, 0.1) is 0 Å². The average Bonchev–Trinajstić information content (AvgIpc) is 2.79. The van der Waals surface area contributed by atoms with Gasteiger partial charge in [0.15, 0.2) is 5.82 Å². The summed E-state index contributed by atoms with van der Waals surface area (Å²) in [5.74, 6) is 0.356. The summed E-state index contributed by atoms with van der Waals surface area (Å²) in [6, 6.07) is 4.64. The number of hydrogen-bond donors (Lipinski definition) is 1. The highest BCUT2D eigenvalue weighted by Crippen LogP contribution is 2.25. The molecule has 0 fully saturated rings. The van der Waals surface area contributed by atoms with Crippen LogP contribution in [-0.4, -0.2) is 20.7 Å². The summed E-state index contributed by atoms with van der Waals surface area (Å²) in [5.41, 5.74) is 0.336. The predicted octanol–water partition coefficient (Wildman–Crippen LogP) is 2.61. The van der Waals surface area contributed by atoms with Gasteiger partial charge in [-0.3, -0.25) is 4.79 Å². The molecule has 2 aromatic rings. The number of nitrogens with one attached hydrogen (secondary N) is 1. The molecule has 0 bridgehead atoms. The number of rotatable bonds is 3. The van der Waals surface area contributed by atoms with Crippen molar-refractivity contribution < 1.29 is 4.79 Å². The van der Waals surface area contributed by atoms with E-state index in [9.17, 15) is 4.79 Å². The molecular weight excluding hydrogens is 287 g/mol.